The molecular weight excluding hydrogens is 315 g/mol. The van der Waals surface area contributed by atoms with Crippen molar-refractivity contribution < 1.29 is 14.7 Å². The van der Waals surface area contributed by atoms with Crippen LogP contribution >= 0.6 is 23.2 Å². The predicted octanol–water partition coefficient (Wildman–Crippen LogP) is 3.02. The fraction of sp³-hybridized carbons (Fsp3) is 0.429. The smallest absolute Gasteiger partial charge is 0.335 e. The molecule has 0 radical (unpaired) electrons. The van der Waals surface area contributed by atoms with Crippen molar-refractivity contribution in [1.29, 1.82) is 0 Å². The van der Waals surface area contributed by atoms with E-state index in [1.54, 1.807) is 0 Å². The lowest BCUT2D eigenvalue weighted by atomic mass is 9.82. The molecule has 3 N–H and O–H groups in total. The average Bonchev–Trinajstić information content (AvgIpc) is 2.43. The van der Waals surface area contributed by atoms with Crippen LogP contribution in [-0.4, -0.2) is 30.1 Å². The van der Waals surface area contributed by atoms with Crippen molar-refractivity contribution in [2.75, 3.05) is 18.4 Å². The van der Waals surface area contributed by atoms with Gasteiger partial charge in [-0.25, -0.2) is 4.79 Å². The van der Waals surface area contributed by atoms with Gasteiger partial charge in [-0.1, -0.05) is 23.2 Å². The average molecular weight is 331 g/mol. The zero-order chi connectivity index (χ0) is 15.6. The summed E-state index contributed by atoms with van der Waals surface area (Å²) in [7, 11) is 0. The van der Waals surface area contributed by atoms with Crippen LogP contribution in [0.2, 0.25) is 10.0 Å². The number of carboxylic acid groups (broad SMARTS) is 1. The zero-order valence-electron chi connectivity index (χ0n) is 11.5. The van der Waals surface area contributed by atoms with Crippen molar-refractivity contribution in [2.45, 2.75) is 19.8 Å². The number of piperidine rings is 1. The molecule has 1 saturated heterocycles. The molecule has 1 heterocycles. The van der Waals surface area contributed by atoms with Crippen LogP contribution in [0.1, 0.15) is 30.1 Å². The van der Waals surface area contributed by atoms with Gasteiger partial charge >= 0.3 is 5.97 Å². The highest BCUT2D eigenvalue weighted by atomic mass is 35.5. The Bertz CT molecular complexity index is 561. The number of anilines is 1. The number of aromatic carboxylic acids is 1. The number of rotatable bonds is 3. The highest BCUT2D eigenvalue weighted by Gasteiger charge is 2.35. The van der Waals surface area contributed by atoms with E-state index < -0.39 is 11.4 Å². The van der Waals surface area contributed by atoms with Crippen LogP contribution in [-0.2, 0) is 4.79 Å². The van der Waals surface area contributed by atoms with Gasteiger partial charge in [0.05, 0.1) is 26.7 Å². The second-order valence-electron chi connectivity index (χ2n) is 5.42. The Labute approximate surface area is 132 Å². The molecule has 0 aliphatic carbocycles. The molecule has 0 spiro atoms. The van der Waals surface area contributed by atoms with Crippen LogP contribution in [0.25, 0.3) is 0 Å². The Hall–Kier alpha value is -1.30. The minimum Gasteiger partial charge on any atom is -0.478 e. The minimum absolute atomic E-state index is 0.0199. The maximum atomic E-state index is 12.4. The number of hydrogen-bond acceptors (Lipinski definition) is 3. The quantitative estimate of drug-likeness (QED) is 0.796. The molecule has 7 heteroatoms. The second kappa shape index (κ2) is 6.22. The van der Waals surface area contributed by atoms with Crippen LogP contribution in [0.5, 0.6) is 0 Å². The number of nitrogens with one attached hydrogen (secondary N) is 2. The van der Waals surface area contributed by atoms with E-state index in [0.717, 1.165) is 19.4 Å². The maximum absolute atomic E-state index is 12.4. The Morgan fingerprint density at radius 2 is 1.95 bits per heavy atom. The van der Waals surface area contributed by atoms with E-state index in [1.165, 1.54) is 12.1 Å². The molecule has 1 aromatic carbocycles. The van der Waals surface area contributed by atoms with Gasteiger partial charge in [-0.2, -0.15) is 0 Å². The first-order valence-corrected chi connectivity index (χ1v) is 7.33. The van der Waals surface area contributed by atoms with Crippen molar-refractivity contribution in [1.82, 2.24) is 5.32 Å². The Balaban J connectivity index is 2.23. The molecule has 21 heavy (non-hydrogen) atoms. The van der Waals surface area contributed by atoms with Gasteiger partial charge in [0, 0.05) is 6.54 Å². The molecule has 114 valence electrons. The lowest BCUT2D eigenvalue weighted by Gasteiger charge is -2.32. The van der Waals surface area contributed by atoms with Crippen molar-refractivity contribution in [3.8, 4) is 0 Å². The molecule has 1 amide bonds. The largest absolute Gasteiger partial charge is 0.478 e. The summed E-state index contributed by atoms with van der Waals surface area (Å²) in [5, 5.41) is 15.1. The molecule has 5 nitrogen and oxygen atoms in total. The zero-order valence-corrected chi connectivity index (χ0v) is 13.0. The van der Waals surface area contributed by atoms with Gasteiger partial charge in [-0.05, 0) is 38.4 Å². The first-order valence-electron chi connectivity index (χ1n) is 6.58. The molecular formula is C14H16Cl2N2O3. The number of benzene rings is 1. The van der Waals surface area contributed by atoms with Crippen molar-refractivity contribution in [2.24, 2.45) is 5.41 Å². The van der Waals surface area contributed by atoms with E-state index in [4.69, 9.17) is 28.3 Å². The number of carbonyl (C=O) groups excluding carboxylic acids is 1. The fourth-order valence-electron chi connectivity index (χ4n) is 2.33. The number of carbonyl (C=O) groups is 2. The third-order valence-corrected chi connectivity index (χ3v) is 4.27. The summed E-state index contributed by atoms with van der Waals surface area (Å²) < 4.78 is 0. The molecule has 1 unspecified atom stereocenters. The minimum atomic E-state index is -1.12. The van der Waals surface area contributed by atoms with Crippen LogP contribution in [0, 0.1) is 5.41 Å². The standard InChI is InChI=1S/C14H16Cl2N2O3/c1-14(3-2-4-17-7-14)13(21)18-11-9(15)5-8(12(19)20)6-10(11)16/h5-6,17H,2-4,7H2,1H3,(H,18,21)(H,19,20). The molecule has 2 rings (SSSR count). The van der Waals surface area contributed by atoms with Crippen LogP contribution in [0.3, 0.4) is 0 Å². The van der Waals surface area contributed by atoms with Gasteiger partial charge in [0.25, 0.3) is 0 Å². The lowest BCUT2D eigenvalue weighted by molar-refractivity contribution is -0.125. The maximum Gasteiger partial charge on any atom is 0.335 e. The molecule has 1 aliphatic rings. The van der Waals surface area contributed by atoms with Crippen LogP contribution in [0.15, 0.2) is 12.1 Å². The van der Waals surface area contributed by atoms with Gasteiger partial charge in [0.1, 0.15) is 0 Å². The number of hydrogen-bond donors (Lipinski definition) is 3. The lowest BCUT2D eigenvalue weighted by Crippen LogP contribution is -2.46. The summed E-state index contributed by atoms with van der Waals surface area (Å²) in [4.78, 5) is 23.4. The molecule has 0 saturated carbocycles. The first kappa shape index (κ1) is 16.1. The van der Waals surface area contributed by atoms with Gasteiger partial charge in [-0.3, -0.25) is 4.79 Å². The highest BCUT2D eigenvalue weighted by molar-refractivity contribution is 6.40. The SMILES string of the molecule is CC1(C(=O)Nc2c(Cl)cc(C(=O)O)cc2Cl)CCCNC1. The normalized spacial score (nSPS) is 21.9. The summed E-state index contributed by atoms with van der Waals surface area (Å²) in [6, 6.07) is 2.54. The van der Waals surface area contributed by atoms with E-state index in [1.807, 2.05) is 6.92 Å². The molecule has 0 bridgehead atoms. The van der Waals surface area contributed by atoms with E-state index in [-0.39, 0.29) is 27.2 Å². The van der Waals surface area contributed by atoms with E-state index in [9.17, 15) is 9.59 Å². The van der Waals surface area contributed by atoms with E-state index in [0.29, 0.717) is 6.54 Å². The Morgan fingerprint density at radius 3 is 2.43 bits per heavy atom. The topological polar surface area (TPSA) is 78.4 Å². The van der Waals surface area contributed by atoms with Gasteiger partial charge in [0.2, 0.25) is 5.91 Å². The second-order valence-corrected chi connectivity index (χ2v) is 6.23. The number of carboxylic acids is 1. The van der Waals surface area contributed by atoms with Crippen molar-refractivity contribution in [3.05, 3.63) is 27.7 Å². The summed E-state index contributed by atoms with van der Waals surface area (Å²) in [5.41, 5.74) is -0.301. The molecule has 1 atom stereocenters. The Kier molecular flexibility index (Phi) is 4.76. The third kappa shape index (κ3) is 3.48. The summed E-state index contributed by atoms with van der Waals surface area (Å²) >= 11 is 12.1. The molecule has 1 aliphatic heterocycles. The van der Waals surface area contributed by atoms with Crippen LogP contribution < -0.4 is 10.6 Å². The molecule has 1 fully saturated rings. The van der Waals surface area contributed by atoms with Crippen LogP contribution in [0.4, 0.5) is 5.69 Å². The van der Waals surface area contributed by atoms with Crippen molar-refractivity contribution >= 4 is 40.8 Å². The summed E-state index contributed by atoms with van der Waals surface area (Å²) in [6.07, 6.45) is 1.69. The number of amides is 1. The Morgan fingerprint density at radius 1 is 1.33 bits per heavy atom. The predicted molar refractivity (Wildman–Crippen MR) is 82.3 cm³/mol. The monoisotopic (exact) mass is 330 g/mol. The fourth-order valence-corrected chi connectivity index (χ4v) is 2.91. The van der Waals surface area contributed by atoms with E-state index in [2.05, 4.69) is 10.6 Å². The molecule has 0 aromatic heterocycles. The first-order chi connectivity index (χ1) is 9.83. The summed E-state index contributed by atoms with van der Waals surface area (Å²) in [6.45, 7) is 3.36. The van der Waals surface area contributed by atoms with Gasteiger partial charge in [0.15, 0.2) is 0 Å². The van der Waals surface area contributed by atoms with Gasteiger partial charge < -0.3 is 15.7 Å². The van der Waals surface area contributed by atoms with E-state index >= 15 is 0 Å². The molecule has 1 aromatic rings. The van der Waals surface area contributed by atoms with Crippen molar-refractivity contribution in [3.63, 3.8) is 0 Å². The highest BCUT2D eigenvalue weighted by Crippen LogP contribution is 2.34. The third-order valence-electron chi connectivity index (χ3n) is 3.67. The summed E-state index contributed by atoms with van der Waals surface area (Å²) in [5.74, 6) is -1.30. The van der Waals surface area contributed by atoms with Gasteiger partial charge in [-0.15, -0.1) is 0 Å². The number of halogens is 2.